The molecule has 0 radical (unpaired) electrons. The number of amides is 1. The highest BCUT2D eigenvalue weighted by Gasteiger charge is 2.38. The molecular formula is C29H35Cl2FN8O2. The van der Waals surface area contributed by atoms with Gasteiger partial charge in [0.25, 0.3) is 5.56 Å². The van der Waals surface area contributed by atoms with E-state index in [1.165, 1.54) is 23.0 Å². The number of hydrogen-bond donors (Lipinski definition) is 2. The lowest BCUT2D eigenvalue weighted by molar-refractivity contribution is -0.128. The van der Waals surface area contributed by atoms with E-state index in [0.29, 0.717) is 18.8 Å². The van der Waals surface area contributed by atoms with Crippen LogP contribution >= 0.6 is 23.2 Å². The Balaban J connectivity index is 1.34. The molecule has 4 heterocycles. The lowest BCUT2D eigenvalue weighted by atomic mass is 9.78. The molecule has 2 aromatic heterocycles. The molecule has 4 atom stereocenters. The highest BCUT2D eigenvalue weighted by molar-refractivity contribution is 6.31. The van der Waals surface area contributed by atoms with Gasteiger partial charge in [-0.25, -0.2) is 14.1 Å². The van der Waals surface area contributed by atoms with Gasteiger partial charge in [-0.2, -0.15) is 0 Å². The predicted octanol–water partition coefficient (Wildman–Crippen LogP) is 4.00. The summed E-state index contributed by atoms with van der Waals surface area (Å²) >= 11 is 12.1. The summed E-state index contributed by atoms with van der Waals surface area (Å²) in [7, 11) is 0. The summed E-state index contributed by atoms with van der Waals surface area (Å²) < 4.78 is 18.5. The van der Waals surface area contributed by atoms with Crippen molar-refractivity contribution in [1.29, 1.82) is 0 Å². The molecule has 2 N–H and O–H groups in total. The maximum atomic E-state index is 15.4. The third-order valence-electron chi connectivity index (χ3n) is 9.00. The summed E-state index contributed by atoms with van der Waals surface area (Å²) in [6, 6.07) is 4.47. The fraction of sp³-hybridized carbons (Fsp3) is 0.552. The highest BCUT2D eigenvalue weighted by Crippen LogP contribution is 2.39. The van der Waals surface area contributed by atoms with Gasteiger partial charge in [0.15, 0.2) is 11.0 Å². The van der Waals surface area contributed by atoms with Gasteiger partial charge in [-0.15, -0.1) is 5.10 Å². The van der Waals surface area contributed by atoms with E-state index in [0.717, 1.165) is 64.5 Å². The summed E-state index contributed by atoms with van der Waals surface area (Å²) in [5.74, 6) is -0.322. The minimum absolute atomic E-state index is 0.0366. The molecule has 224 valence electrons. The second-order valence-electron chi connectivity index (χ2n) is 11.5. The molecule has 42 heavy (non-hydrogen) atoms. The average Bonchev–Trinajstić information content (AvgIpc) is 3.44. The number of nitrogens with zero attached hydrogens (tertiary/aromatic N) is 6. The Labute approximate surface area is 253 Å². The monoisotopic (exact) mass is 616 g/mol. The van der Waals surface area contributed by atoms with Gasteiger partial charge in [-0.05, 0) is 50.2 Å². The first-order chi connectivity index (χ1) is 20.4. The quantitative estimate of drug-likeness (QED) is 0.458. The van der Waals surface area contributed by atoms with Crippen molar-refractivity contribution in [1.82, 2.24) is 40.1 Å². The number of fused-ring (bicyclic) bond motifs is 4. The lowest BCUT2D eigenvalue weighted by Crippen LogP contribution is -2.61. The van der Waals surface area contributed by atoms with Gasteiger partial charge in [-0.3, -0.25) is 19.1 Å². The van der Waals surface area contributed by atoms with E-state index >= 15 is 4.39 Å². The Morgan fingerprint density at radius 2 is 1.90 bits per heavy atom. The molecule has 10 nitrogen and oxygen atoms in total. The Morgan fingerprint density at radius 3 is 2.71 bits per heavy atom. The molecule has 2 unspecified atom stereocenters. The number of piperazine rings is 1. The van der Waals surface area contributed by atoms with Gasteiger partial charge in [0.1, 0.15) is 6.04 Å². The van der Waals surface area contributed by atoms with E-state index in [4.69, 9.17) is 23.2 Å². The molecule has 1 aromatic carbocycles. The Morgan fingerprint density at radius 1 is 1.02 bits per heavy atom. The summed E-state index contributed by atoms with van der Waals surface area (Å²) in [6.07, 6.45) is 10.6. The molecule has 1 amide bonds. The molecule has 2 saturated heterocycles. The zero-order valence-electron chi connectivity index (χ0n) is 23.3. The van der Waals surface area contributed by atoms with Crippen LogP contribution in [0.2, 0.25) is 10.2 Å². The van der Waals surface area contributed by atoms with Crippen molar-refractivity contribution in [3.63, 3.8) is 0 Å². The lowest BCUT2D eigenvalue weighted by Gasteiger charge is -2.45. The number of rotatable bonds is 3. The van der Waals surface area contributed by atoms with Crippen LogP contribution in [-0.2, 0) is 4.79 Å². The van der Waals surface area contributed by atoms with Crippen molar-refractivity contribution >= 4 is 29.1 Å². The molecule has 0 spiro atoms. The minimum Gasteiger partial charge on any atom is -0.355 e. The maximum absolute atomic E-state index is 15.4. The second-order valence-corrected chi connectivity index (χ2v) is 12.3. The molecule has 1 aliphatic carbocycles. The number of carbonyl (C=O) groups excluding carboxylic acids is 1. The van der Waals surface area contributed by atoms with E-state index in [1.54, 1.807) is 17.0 Å². The molecule has 1 saturated carbocycles. The molecular weight excluding hydrogens is 582 g/mol. The van der Waals surface area contributed by atoms with Crippen molar-refractivity contribution in [3.8, 4) is 16.9 Å². The molecule has 6 rings (SSSR count). The molecule has 3 fully saturated rings. The first-order valence-electron chi connectivity index (χ1n) is 14.8. The van der Waals surface area contributed by atoms with Crippen LogP contribution in [0.5, 0.6) is 0 Å². The maximum Gasteiger partial charge on any atom is 0.254 e. The number of halogens is 3. The third kappa shape index (κ3) is 5.97. The highest BCUT2D eigenvalue weighted by atomic mass is 35.5. The topological polar surface area (TPSA) is 110 Å². The van der Waals surface area contributed by atoms with Crippen LogP contribution in [0.15, 0.2) is 35.5 Å². The first kappa shape index (κ1) is 29.2. The number of nitrogens with one attached hydrogen (secondary N) is 2. The van der Waals surface area contributed by atoms with E-state index < -0.39 is 5.82 Å². The Bertz CT molecular complexity index is 1500. The second kappa shape index (κ2) is 12.8. The van der Waals surface area contributed by atoms with Crippen molar-refractivity contribution in [2.45, 2.75) is 69.5 Å². The first-order valence-corrected chi connectivity index (χ1v) is 15.5. The normalized spacial score (nSPS) is 25.9. The Kier molecular flexibility index (Phi) is 8.90. The summed E-state index contributed by atoms with van der Waals surface area (Å²) in [5, 5.41) is 14.3. The van der Waals surface area contributed by atoms with E-state index in [1.807, 2.05) is 0 Å². The summed E-state index contributed by atoms with van der Waals surface area (Å²) in [6.45, 7) is 3.01. The van der Waals surface area contributed by atoms with Crippen molar-refractivity contribution in [2.24, 2.45) is 5.92 Å². The van der Waals surface area contributed by atoms with Gasteiger partial charge in [0.05, 0.1) is 34.5 Å². The van der Waals surface area contributed by atoms with Crippen LogP contribution in [-0.4, -0.2) is 73.6 Å². The summed E-state index contributed by atoms with van der Waals surface area (Å²) in [4.78, 5) is 33.8. The van der Waals surface area contributed by atoms with Crippen LogP contribution in [0, 0.1) is 11.7 Å². The molecule has 3 aliphatic rings. The van der Waals surface area contributed by atoms with Crippen LogP contribution < -0.4 is 16.2 Å². The number of carbonyl (C=O) groups is 1. The van der Waals surface area contributed by atoms with Crippen LogP contribution in [0.25, 0.3) is 16.9 Å². The third-order valence-corrected chi connectivity index (χ3v) is 9.46. The molecule has 2 bridgehead atoms. The van der Waals surface area contributed by atoms with Crippen molar-refractivity contribution in [2.75, 3.05) is 26.2 Å². The SMILES string of the molecule is O=C1NCCCCC[C@H](n2cnc(-c3c(-n4cc(Cl)nn4)ccc(Cl)c3F)cc2=O)C2CCCC(C2)N2CCNC[C@H]12. The number of benzene rings is 1. The molecule has 13 heteroatoms. The van der Waals surface area contributed by atoms with E-state index in [2.05, 4.69) is 30.8 Å². The fourth-order valence-corrected chi connectivity index (χ4v) is 7.25. The Hall–Kier alpha value is -2.86. The van der Waals surface area contributed by atoms with Gasteiger partial charge in [-0.1, -0.05) is 47.7 Å². The fourth-order valence-electron chi connectivity index (χ4n) is 6.97. The van der Waals surface area contributed by atoms with Gasteiger partial charge >= 0.3 is 0 Å². The average molecular weight is 618 g/mol. The van der Waals surface area contributed by atoms with Crippen LogP contribution in [0.3, 0.4) is 0 Å². The molecule has 2 aliphatic heterocycles. The largest absolute Gasteiger partial charge is 0.355 e. The van der Waals surface area contributed by atoms with Crippen LogP contribution in [0.4, 0.5) is 4.39 Å². The standard InChI is InChI=1S/C29H35Cl2FN8O2/c30-20-8-9-23(40-16-25(31)36-37-40)27(28(20)32)21-14-26(41)39(17-35-21)22-7-2-1-3-10-34-29(42)24-15-33-11-12-38(24)19-6-4-5-18(22)13-19/h8-9,14,16-19,22,24,33H,1-7,10-13,15H2,(H,34,42)/t18?,19?,22-,24+/m0/s1. The van der Waals surface area contributed by atoms with Crippen molar-refractivity contribution < 1.29 is 9.18 Å². The summed E-state index contributed by atoms with van der Waals surface area (Å²) in [5.41, 5.74) is 0.308. The van der Waals surface area contributed by atoms with Gasteiger partial charge < -0.3 is 10.6 Å². The van der Waals surface area contributed by atoms with E-state index in [-0.39, 0.29) is 56.9 Å². The predicted molar refractivity (Wildman–Crippen MR) is 158 cm³/mol. The smallest absolute Gasteiger partial charge is 0.254 e. The zero-order chi connectivity index (χ0) is 29.2. The van der Waals surface area contributed by atoms with E-state index in [9.17, 15) is 9.59 Å². The number of aromatic nitrogens is 5. The zero-order valence-corrected chi connectivity index (χ0v) is 24.8. The van der Waals surface area contributed by atoms with Crippen LogP contribution in [0.1, 0.15) is 57.4 Å². The van der Waals surface area contributed by atoms with Crippen molar-refractivity contribution in [3.05, 3.63) is 57.1 Å². The number of hydrogen-bond acceptors (Lipinski definition) is 7. The minimum atomic E-state index is -0.698. The van der Waals surface area contributed by atoms with Gasteiger partial charge in [0, 0.05) is 44.3 Å². The van der Waals surface area contributed by atoms with Gasteiger partial charge in [0.2, 0.25) is 5.91 Å². The molecule has 3 aromatic rings.